The Morgan fingerprint density at radius 3 is 2.15 bits per heavy atom. The summed E-state index contributed by atoms with van der Waals surface area (Å²) >= 11 is 0. The molecule has 1 heterocycles. The standard InChI is InChI=1S/C26H23N5O2/c27-25(28)18-8-6-17(7-9-18)24-21(20-11-10-19(26(29)30)14-22(20)31-24)13-16-3-1-15(2-4-16)5-12-23(32)33/h1-12,14,31H,13H2,(H3,27,28)(H3,29,30)(H,32,33)/b12-5+. The van der Waals surface area contributed by atoms with Crippen LogP contribution < -0.4 is 11.5 Å². The van der Waals surface area contributed by atoms with Gasteiger partial charge in [0.1, 0.15) is 11.7 Å². The maximum absolute atomic E-state index is 10.7. The van der Waals surface area contributed by atoms with E-state index in [9.17, 15) is 4.79 Å². The number of hydrogen-bond acceptors (Lipinski definition) is 3. The van der Waals surface area contributed by atoms with Gasteiger partial charge in [0.2, 0.25) is 0 Å². The molecule has 0 spiro atoms. The number of hydrogen-bond donors (Lipinski definition) is 6. The number of nitrogens with two attached hydrogens (primary N) is 2. The first kappa shape index (κ1) is 21.6. The first-order chi connectivity index (χ1) is 15.8. The molecule has 164 valence electrons. The summed E-state index contributed by atoms with van der Waals surface area (Å²) in [5.74, 6) is -0.963. The van der Waals surface area contributed by atoms with Gasteiger partial charge in [-0.1, -0.05) is 60.7 Å². The number of carboxylic acid groups (broad SMARTS) is 1. The van der Waals surface area contributed by atoms with Crippen LogP contribution in [0, 0.1) is 10.8 Å². The van der Waals surface area contributed by atoms with Crippen LogP contribution in [0.1, 0.15) is 27.8 Å². The van der Waals surface area contributed by atoms with Crippen LogP contribution >= 0.6 is 0 Å². The van der Waals surface area contributed by atoms with E-state index in [4.69, 9.17) is 27.4 Å². The third-order valence-corrected chi connectivity index (χ3v) is 5.48. The van der Waals surface area contributed by atoms with Gasteiger partial charge in [0.15, 0.2) is 0 Å². The SMILES string of the molecule is N=C(N)c1ccc(-c2[nH]c3cc(C(=N)N)ccc3c2Cc2ccc(/C=C/C(=O)O)cc2)cc1. The van der Waals surface area contributed by atoms with E-state index in [1.165, 1.54) is 0 Å². The molecule has 0 aliphatic heterocycles. The molecule has 8 N–H and O–H groups in total. The van der Waals surface area contributed by atoms with Gasteiger partial charge in [-0.05, 0) is 34.4 Å². The van der Waals surface area contributed by atoms with E-state index in [-0.39, 0.29) is 11.7 Å². The van der Waals surface area contributed by atoms with Crippen LogP contribution in [0.5, 0.6) is 0 Å². The number of nitrogen functional groups attached to an aromatic ring is 2. The number of amidine groups is 2. The molecule has 33 heavy (non-hydrogen) atoms. The van der Waals surface area contributed by atoms with Gasteiger partial charge < -0.3 is 21.6 Å². The van der Waals surface area contributed by atoms with Crippen molar-refractivity contribution in [3.8, 4) is 11.3 Å². The molecule has 1 aromatic heterocycles. The molecule has 3 aromatic carbocycles. The van der Waals surface area contributed by atoms with Crippen molar-refractivity contribution in [1.29, 1.82) is 10.8 Å². The zero-order chi connectivity index (χ0) is 23.5. The van der Waals surface area contributed by atoms with E-state index in [1.807, 2.05) is 66.7 Å². The summed E-state index contributed by atoms with van der Waals surface area (Å²) in [7, 11) is 0. The molecule has 0 saturated heterocycles. The van der Waals surface area contributed by atoms with Gasteiger partial charge in [0, 0.05) is 34.5 Å². The number of H-pyrrole nitrogens is 1. The Morgan fingerprint density at radius 2 is 1.55 bits per heavy atom. The molecule has 0 bridgehead atoms. The fourth-order valence-corrected chi connectivity index (χ4v) is 3.79. The quantitative estimate of drug-likeness (QED) is 0.146. The van der Waals surface area contributed by atoms with Crippen LogP contribution in [0.2, 0.25) is 0 Å². The van der Waals surface area contributed by atoms with E-state index < -0.39 is 5.97 Å². The van der Waals surface area contributed by atoms with Gasteiger partial charge in [0.05, 0.1) is 5.69 Å². The molecular weight excluding hydrogens is 414 g/mol. The van der Waals surface area contributed by atoms with Crippen LogP contribution in [-0.2, 0) is 11.2 Å². The van der Waals surface area contributed by atoms with E-state index in [2.05, 4.69) is 4.98 Å². The normalized spacial score (nSPS) is 11.2. The lowest BCUT2D eigenvalue weighted by molar-refractivity contribution is -0.131. The third-order valence-electron chi connectivity index (χ3n) is 5.48. The summed E-state index contributed by atoms with van der Waals surface area (Å²) in [4.78, 5) is 14.2. The van der Waals surface area contributed by atoms with Crippen molar-refractivity contribution in [3.63, 3.8) is 0 Å². The lowest BCUT2D eigenvalue weighted by Crippen LogP contribution is -2.10. The molecule has 0 aliphatic carbocycles. The number of aromatic amines is 1. The van der Waals surface area contributed by atoms with Crippen LogP contribution in [0.4, 0.5) is 0 Å². The average molecular weight is 438 g/mol. The molecule has 0 fully saturated rings. The smallest absolute Gasteiger partial charge is 0.328 e. The van der Waals surface area contributed by atoms with Gasteiger partial charge >= 0.3 is 5.97 Å². The number of aromatic nitrogens is 1. The van der Waals surface area contributed by atoms with E-state index in [0.29, 0.717) is 17.5 Å². The number of benzene rings is 3. The van der Waals surface area contributed by atoms with Gasteiger partial charge in [-0.2, -0.15) is 0 Å². The Kier molecular flexibility index (Phi) is 5.78. The van der Waals surface area contributed by atoms with Crippen molar-refractivity contribution in [2.24, 2.45) is 11.5 Å². The van der Waals surface area contributed by atoms with Crippen LogP contribution in [0.3, 0.4) is 0 Å². The summed E-state index contributed by atoms with van der Waals surface area (Å²) < 4.78 is 0. The minimum Gasteiger partial charge on any atom is -0.478 e. The molecule has 4 aromatic rings. The number of aliphatic carboxylic acids is 1. The summed E-state index contributed by atoms with van der Waals surface area (Å²) in [5.41, 5.74) is 18.3. The van der Waals surface area contributed by atoms with Crippen LogP contribution in [0.25, 0.3) is 28.2 Å². The highest BCUT2D eigenvalue weighted by Gasteiger charge is 2.15. The molecule has 0 atom stereocenters. The van der Waals surface area contributed by atoms with E-state index in [0.717, 1.165) is 44.9 Å². The summed E-state index contributed by atoms with van der Waals surface area (Å²) in [6, 6.07) is 20.9. The van der Waals surface area contributed by atoms with Crippen LogP contribution in [0.15, 0.2) is 72.8 Å². The fourth-order valence-electron chi connectivity index (χ4n) is 3.79. The molecule has 0 amide bonds. The van der Waals surface area contributed by atoms with Crippen molar-refractivity contribution < 1.29 is 9.90 Å². The molecule has 0 radical (unpaired) electrons. The minimum absolute atomic E-state index is 0.00501. The maximum atomic E-state index is 10.7. The summed E-state index contributed by atoms with van der Waals surface area (Å²) in [6.45, 7) is 0. The van der Waals surface area contributed by atoms with Gasteiger partial charge in [-0.3, -0.25) is 10.8 Å². The summed E-state index contributed by atoms with van der Waals surface area (Å²) in [6.07, 6.45) is 3.32. The van der Waals surface area contributed by atoms with Gasteiger partial charge in [0.25, 0.3) is 0 Å². The van der Waals surface area contributed by atoms with E-state index in [1.54, 1.807) is 6.08 Å². The molecule has 0 saturated carbocycles. The number of fused-ring (bicyclic) bond motifs is 1. The monoisotopic (exact) mass is 437 g/mol. The van der Waals surface area contributed by atoms with Crippen LogP contribution in [-0.4, -0.2) is 27.7 Å². The highest BCUT2D eigenvalue weighted by Crippen LogP contribution is 2.33. The van der Waals surface area contributed by atoms with Crippen molar-refractivity contribution >= 4 is 34.6 Å². The van der Waals surface area contributed by atoms with E-state index >= 15 is 0 Å². The fraction of sp³-hybridized carbons (Fsp3) is 0.0385. The highest BCUT2D eigenvalue weighted by molar-refractivity contribution is 6.01. The topological polar surface area (TPSA) is 153 Å². The van der Waals surface area contributed by atoms with Crippen molar-refractivity contribution in [3.05, 3.63) is 101 Å². The molecular formula is C26H23N5O2. The third kappa shape index (κ3) is 4.67. The Bertz CT molecular complexity index is 1400. The highest BCUT2D eigenvalue weighted by atomic mass is 16.4. The maximum Gasteiger partial charge on any atom is 0.328 e. The zero-order valence-electron chi connectivity index (χ0n) is 17.7. The predicted octanol–water partition coefficient (Wildman–Crippen LogP) is 4.09. The largest absolute Gasteiger partial charge is 0.478 e. The molecule has 0 aliphatic rings. The lowest BCUT2D eigenvalue weighted by Gasteiger charge is -2.08. The van der Waals surface area contributed by atoms with Crippen molar-refractivity contribution in [2.45, 2.75) is 6.42 Å². The second kappa shape index (κ2) is 8.84. The Morgan fingerprint density at radius 1 is 0.909 bits per heavy atom. The minimum atomic E-state index is -0.983. The first-order valence-corrected chi connectivity index (χ1v) is 10.3. The number of nitrogens with one attached hydrogen (secondary N) is 3. The molecule has 7 heteroatoms. The molecule has 7 nitrogen and oxygen atoms in total. The Labute approximate surface area is 190 Å². The zero-order valence-corrected chi connectivity index (χ0v) is 17.7. The number of carbonyl (C=O) groups is 1. The number of rotatable bonds is 7. The first-order valence-electron chi connectivity index (χ1n) is 10.3. The second-order valence-corrected chi connectivity index (χ2v) is 7.73. The summed E-state index contributed by atoms with van der Waals surface area (Å²) in [5, 5.41) is 25.2. The van der Waals surface area contributed by atoms with Crippen molar-refractivity contribution in [1.82, 2.24) is 4.98 Å². The molecule has 0 unspecified atom stereocenters. The number of carboxylic acids is 1. The van der Waals surface area contributed by atoms with Crippen molar-refractivity contribution in [2.75, 3.05) is 0 Å². The lowest BCUT2D eigenvalue weighted by atomic mass is 9.97. The average Bonchev–Trinajstić information content (AvgIpc) is 3.16. The Hall–Kier alpha value is -4.65. The van der Waals surface area contributed by atoms with Gasteiger partial charge in [-0.25, -0.2) is 4.79 Å². The predicted molar refractivity (Wildman–Crippen MR) is 132 cm³/mol. The Balaban J connectivity index is 1.77. The second-order valence-electron chi connectivity index (χ2n) is 7.73. The molecule has 4 rings (SSSR count). The van der Waals surface area contributed by atoms with Gasteiger partial charge in [-0.15, -0.1) is 0 Å².